The fraction of sp³-hybridized carbons (Fsp3) is 0. The van der Waals surface area contributed by atoms with Gasteiger partial charge in [-0.2, -0.15) is 0 Å². The van der Waals surface area contributed by atoms with Gasteiger partial charge >= 0.3 is 0 Å². The van der Waals surface area contributed by atoms with Gasteiger partial charge in [0.2, 0.25) is 0 Å². The van der Waals surface area contributed by atoms with Crippen LogP contribution in [-0.2, 0) is 0 Å². The third-order valence-corrected chi connectivity index (χ3v) is 14.2. The number of rotatable bonds is 8. The van der Waals surface area contributed by atoms with Crippen LogP contribution < -0.4 is 9.80 Å². The van der Waals surface area contributed by atoms with Gasteiger partial charge in [0.25, 0.3) is 0 Å². The first-order chi connectivity index (χ1) is 32.7. The zero-order valence-corrected chi connectivity index (χ0v) is 36.7. The van der Waals surface area contributed by atoms with E-state index in [2.05, 4.69) is 263 Å². The van der Waals surface area contributed by atoms with Crippen LogP contribution in [0.3, 0.4) is 0 Å². The van der Waals surface area contributed by atoms with Gasteiger partial charge in [0.05, 0.1) is 11.0 Å². The lowest BCUT2D eigenvalue weighted by atomic mass is 10.00. The quantitative estimate of drug-likeness (QED) is 0.141. The number of benzene rings is 11. The van der Waals surface area contributed by atoms with Gasteiger partial charge in [-0.1, -0.05) is 140 Å². The molecule has 0 amide bonds. The van der Waals surface area contributed by atoms with Gasteiger partial charge in [-0.3, -0.25) is 0 Å². The number of nitrogens with zero attached hydrogens (tertiary/aromatic N) is 3. The minimum atomic E-state index is 1.07. The molecule has 0 aliphatic carbocycles. The van der Waals surface area contributed by atoms with E-state index in [-0.39, 0.29) is 0 Å². The van der Waals surface area contributed by atoms with Crippen molar-refractivity contribution in [2.75, 3.05) is 9.80 Å². The Hall–Kier alpha value is -8.44. The van der Waals surface area contributed by atoms with Crippen LogP contribution in [0.4, 0.5) is 34.1 Å². The molecule has 0 N–H and O–H groups in total. The van der Waals surface area contributed by atoms with Crippen molar-refractivity contribution in [2.24, 2.45) is 0 Å². The van der Waals surface area contributed by atoms with Crippen molar-refractivity contribution in [3.63, 3.8) is 0 Å². The molecule has 0 saturated heterocycles. The molecule has 0 aliphatic heterocycles. The van der Waals surface area contributed by atoms with Crippen LogP contribution in [0.25, 0.3) is 80.3 Å². The van der Waals surface area contributed by atoms with E-state index < -0.39 is 0 Å². The molecular formula is C62H41N3S. The molecule has 11 aromatic carbocycles. The molecule has 0 spiro atoms. The normalized spacial score (nSPS) is 11.6. The van der Waals surface area contributed by atoms with Crippen LogP contribution in [0.1, 0.15) is 0 Å². The Balaban J connectivity index is 0.962. The van der Waals surface area contributed by atoms with Crippen molar-refractivity contribution in [1.82, 2.24) is 4.57 Å². The zero-order valence-electron chi connectivity index (χ0n) is 35.9. The lowest BCUT2D eigenvalue weighted by Crippen LogP contribution is -2.12. The largest absolute Gasteiger partial charge is 0.310 e. The Morgan fingerprint density at radius 3 is 1.62 bits per heavy atom. The fourth-order valence-corrected chi connectivity index (χ4v) is 11.1. The van der Waals surface area contributed by atoms with Crippen molar-refractivity contribution in [1.29, 1.82) is 0 Å². The SMILES string of the molecule is c1ccc(-c2cccc(N(c3ccc(N(c4ccccc4)c4ccc5c6ccccc6n(-c6ccccc6)c5c4)cc3)c3ccc4sc5cc6c(ccc7ccccc76)cc5c4c3)c2)cc1. The third-order valence-electron chi connectivity index (χ3n) is 13.1. The van der Waals surface area contributed by atoms with Crippen LogP contribution in [-0.4, -0.2) is 4.57 Å². The molecule has 0 bridgehead atoms. The minimum absolute atomic E-state index is 1.07. The number of thiophene rings is 1. The van der Waals surface area contributed by atoms with E-state index in [1.165, 1.54) is 74.6 Å². The summed E-state index contributed by atoms with van der Waals surface area (Å²) in [5, 5.41) is 10.2. The first kappa shape index (κ1) is 38.1. The van der Waals surface area contributed by atoms with Crippen LogP contribution in [0.15, 0.2) is 249 Å². The summed E-state index contributed by atoms with van der Waals surface area (Å²) in [6.45, 7) is 0. The van der Waals surface area contributed by atoms with Crippen LogP contribution in [0.2, 0.25) is 0 Å². The summed E-state index contributed by atoms with van der Waals surface area (Å²) in [7, 11) is 0. The fourth-order valence-electron chi connectivity index (χ4n) is 10.0. The van der Waals surface area contributed by atoms with Crippen LogP contribution >= 0.6 is 11.3 Å². The van der Waals surface area contributed by atoms with Crippen molar-refractivity contribution >= 4 is 109 Å². The number of hydrogen-bond acceptors (Lipinski definition) is 3. The maximum absolute atomic E-state index is 2.41. The van der Waals surface area contributed by atoms with Gasteiger partial charge in [-0.05, 0) is 142 Å². The van der Waals surface area contributed by atoms with Crippen molar-refractivity contribution < 1.29 is 0 Å². The van der Waals surface area contributed by atoms with Gasteiger partial charge < -0.3 is 14.4 Å². The van der Waals surface area contributed by atoms with E-state index in [1.54, 1.807) is 0 Å². The number of fused-ring (bicyclic) bond motifs is 9. The molecule has 4 heteroatoms. The van der Waals surface area contributed by atoms with Gasteiger partial charge in [0, 0.05) is 70.8 Å². The smallest absolute Gasteiger partial charge is 0.0561 e. The summed E-state index contributed by atoms with van der Waals surface area (Å²) in [4.78, 5) is 4.78. The molecule has 13 aromatic rings. The van der Waals surface area contributed by atoms with Gasteiger partial charge in [-0.15, -0.1) is 11.3 Å². The standard InChI is InChI=1S/C62H41N3S/c1-4-15-42(16-5-1)44-18-14-23-50(37-44)64(51-34-36-61-58(39-51)57-38-45-28-27-43-17-10-11-24-53(43)56(45)41-62(57)66-61)49-31-29-48(30-32-49)63(46-19-6-2-7-20-46)52-33-35-55-54-25-12-13-26-59(54)65(60(55)40-52)47-21-8-3-9-22-47/h1-41H. The Kier molecular flexibility index (Phi) is 9.03. The molecular weight excluding hydrogens is 819 g/mol. The lowest BCUT2D eigenvalue weighted by Gasteiger charge is -2.29. The van der Waals surface area contributed by atoms with E-state index in [1.807, 2.05) is 11.3 Å². The first-order valence-corrected chi connectivity index (χ1v) is 23.3. The van der Waals surface area contributed by atoms with E-state index in [0.29, 0.717) is 0 Å². The Bertz CT molecular complexity index is 3930. The molecule has 66 heavy (non-hydrogen) atoms. The van der Waals surface area contributed by atoms with Gasteiger partial charge in [0.15, 0.2) is 0 Å². The molecule has 0 aliphatic rings. The number of aromatic nitrogens is 1. The van der Waals surface area contributed by atoms with Crippen molar-refractivity contribution in [3.05, 3.63) is 249 Å². The summed E-state index contributed by atoms with van der Waals surface area (Å²) >= 11 is 1.87. The topological polar surface area (TPSA) is 11.4 Å². The number of hydrogen-bond donors (Lipinski definition) is 0. The maximum Gasteiger partial charge on any atom is 0.0561 e. The van der Waals surface area contributed by atoms with E-state index in [0.717, 1.165) is 39.8 Å². The van der Waals surface area contributed by atoms with Crippen LogP contribution in [0, 0.1) is 0 Å². The second kappa shape index (κ2) is 15.7. The average molecular weight is 860 g/mol. The van der Waals surface area contributed by atoms with Gasteiger partial charge in [0.1, 0.15) is 0 Å². The van der Waals surface area contributed by atoms with Crippen molar-refractivity contribution in [3.8, 4) is 16.8 Å². The molecule has 2 aromatic heterocycles. The lowest BCUT2D eigenvalue weighted by molar-refractivity contribution is 1.18. The van der Waals surface area contributed by atoms with Crippen LogP contribution in [0.5, 0.6) is 0 Å². The average Bonchev–Trinajstić information content (AvgIpc) is 3.91. The minimum Gasteiger partial charge on any atom is -0.310 e. The monoisotopic (exact) mass is 859 g/mol. The highest BCUT2D eigenvalue weighted by Crippen LogP contribution is 2.45. The second-order valence-electron chi connectivity index (χ2n) is 17.0. The molecule has 0 saturated carbocycles. The third kappa shape index (κ3) is 6.42. The molecule has 0 fully saturated rings. The molecule has 13 rings (SSSR count). The van der Waals surface area contributed by atoms with E-state index in [9.17, 15) is 0 Å². The summed E-state index contributed by atoms with van der Waals surface area (Å²) in [5.41, 5.74) is 12.4. The highest BCUT2D eigenvalue weighted by atomic mass is 32.1. The summed E-state index contributed by atoms with van der Waals surface area (Å²) in [5.74, 6) is 0. The molecule has 0 atom stereocenters. The number of para-hydroxylation sites is 3. The Morgan fingerprint density at radius 1 is 0.273 bits per heavy atom. The molecule has 0 radical (unpaired) electrons. The van der Waals surface area contributed by atoms with Crippen molar-refractivity contribution in [2.45, 2.75) is 0 Å². The highest BCUT2D eigenvalue weighted by molar-refractivity contribution is 7.25. The highest BCUT2D eigenvalue weighted by Gasteiger charge is 2.20. The first-order valence-electron chi connectivity index (χ1n) is 22.5. The maximum atomic E-state index is 2.41. The number of anilines is 6. The van der Waals surface area contributed by atoms with E-state index >= 15 is 0 Å². The molecule has 0 unspecified atom stereocenters. The Labute approximate surface area is 386 Å². The Morgan fingerprint density at radius 2 is 0.818 bits per heavy atom. The zero-order chi connectivity index (χ0) is 43.6. The molecule has 3 nitrogen and oxygen atoms in total. The molecule has 2 heterocycles. The predicted octanol–water partition coefficient (Wildman–Crippen LogP) is 18.1. The second-order valence-corrected chi connectivity index (χ2v) is 18.1. The van der Waals surface area contributed by atoms with Gasteiger partial charge in [-0.25, -0.2) is 0 Å². The summed E-state index contributed by atoms with van der Waals surface area (Å²) in [6.07, 6.45) is 0. The van der Waals surface area contributed by atoms with E-state index in [4.69, 9.17) is 0 Å². The summed E-state index contributed by atoms with van der Waals surface area (Å²) < 4.78 is 4.97. The molecule has 310 valence electrons. The predicted molar refractivity (Wildman–Crippen MR) is 283 cm³/mol. The summed E-state index contributed by atoms with van der Waals surface area (Å²) in [6, 6.07) is 90.7.